The van der Waals surface area contributed by atoms with Gasteiger partial charge in [-0.05, 0) is 98.0 Å². The number of hydrogen-bond donors (Lipinski definition) is 1. The van der Waals surface area contributed by atoms with Crippen LogP contribution in [0.4, 0.5) is 4.39 Å². The standard InChI is InChI=1S/C28H38FNO4/c1-18(2)27-22-10-8-21(29)17-20(22)7-9-23(27)24(28(31)32)13-15-30(3)14-12-19-6-11-25(33-4)26(16-19)34-5/h6,8,10-11,16-18,23-24,27H,7,9,12-15H2,1-5H3,(H,31,32)/t23-,24?,27-/m0/s1. The van der Waals surface area contributed by atoms with Crippen molar-refractivity contribution >= 4 is 5.97 Å². The lowest BCUT2D eigenvalue weighted by Crippen LogP contribution is -2.36. The third kappa shape index (κ3) is 6.09. The second-order valence-electron chi connectivity index (χ2n) is 9.79. The molecular formula is C28H38FNO4. The molecule has 1 unspecified atom stereocenters. The maximum Gasteiger partial charge on any atom is 0.306 e. The predicted molar refractivity (Wildman–Crippen MR) is 132 cm³/mol. The molecule has 2 aromatic carbocycles. The molecule has 6 heteroatoms. The van der Waals surface area contributed by atoms with Crippen molar-refractivity contribution < 1.29 is 23.8 Å². The third-order valence-electron chi connectivity index (χ3n) is 7.28. The van der Waals surface area contributed by atoms with Gasteiger partial charge in [-0.25, -0.2) is 4.39 Å². The Balaban J connectivity index is 1.64. The average Bonchev–Trinajstić information content (AvgIpc) is 2.81. The van der Waals surface area contributed by atoms with Gasteiger partial charge in [0.1, 0.15) is 5.82 Å². The number of aliphatic carboxylic acids is 1. The quantitative estimate of drug-likeness (QED) is 0.475. The van der Waals surface area contributed by atoms with Gasteiger partial charge in [0.05, 0.1) is 20.1 Å². The highest BCUT2D eigenvalue weighted by molar-refractivity contribution is 5.70. The van der Waals surface area contributed by atoms with Gasteiger partial charge in [0, 0.05) is 6.54 Å². The molecular weight excluding hydrogens is 433 g/mol. The molecule has 0 heterocycles. The van der Waals surface area contributed by atoms with Crippen LogP contribution >= 0.6 is 0 Å². The third-order valence-corrected chi connectivity index (χ3v) is 7.28. The van der Waals surface area contributed by atoms with Crippen molar-refractivity contribution in [2.45, 2.75) is 45.4 Å². The summed E-state index contributed by atoms with van der Waals surface area (Å²) in [5, 5.41) is 10.1. The second kappa shape index (κ2) is 11.7. The molecule has 0 bridgehead atoms. The fraction of sp³-hybridized carbons (Fsp3) is 0.536. The molecule has 0 aromatic heterocycles. The lowest BCUT2D eigenvalue weighted by atomic mass is 9.65. The van der Waals surface area contributed by atoms with Crippen LogP contribution in [0.1, 0.15) is 49.3 Å². The lowest BCUT2D eigenvalue weighted by Gasteiger charge is -2.39. The first-order valence-electron chi connectivity index (χ1n) is 12.2. The van der Waals surface area contributed by atoms with Gasteiger partial charge < -0.3 is 19.5 Å². The van der Waals surface area contributed by atoms with E-state index in [2.05, 4.69) is 18.7 Å². The molecule has 3 rings (SSSR count). The summed E-state index contributed by atoms with van der Waals surface area (Å²) in [4.78, 5) is 14.5. The van der Waals surface area contributed by atoms with E-state index in [1.807, 2.05) is 31.3 Å². The van der Waals surface area contributed by atoms with Crippen molar-refractivity contribution in [1.82, 2.24) is 4.90 Å². The Morgan fingerprint density at radius 3 is 2.50 bits per heavy atom. The smallest absolute Gasteiger partial charge is 0.306 e. The first kappa shape index (κ1) is 26.0. The zero-order chi connectivity index (χ0) is 24.8. The van der Waals surface area contributed by atoms with E-state index in [-0.39, 0.29) is 17.7 Å². The summed E-state index contributed by atoms with van der Waals surface area (Å²) in [5.74, 6) is 0.525. The number of methoxy groups -OCH3 is 2. The van der Waals surface area contributed by atoms with Crippen molar-refractivity contribution in [3.8, 4) is 11.5 Å². The molecule has 0 radical (unpaired) electrons. The minimum absolute atomic E-state index is 0.0507. The number of carboxylic acid groups (broad SMARTS) is 1. The molecule has 1 aliphatic carbocycles. The number of carbonyl (C=O) groups is 1. The summed E-state index contributed by atoms with van der Waals surface area (Å²) in [7, 11) is 5.29. The van der Waals surface area contributed by atoms with E-state index >= 15 is 0 Å². The normalized spacial score (nSPS) is 18.6. The highest BCUT2D eigenvalue weighted by atomic mass is 19.1. The Morgan fingerprint density at radius 1 is 1.12 bits per heavy atom. The van der Waals surface area contributed by atoms with Gasteiger partial charge >= 0.3 is 5.97 Å². The minimum atomic E-state index is -0.727. The molecule has 5 nitrogen and oxygen atoms in total. The second-order valence-corrected chi connectivity index (χ2v) is 9.79. The number of halogens is 1. The molecule has 34 heavy (non-hydrogen) atoms. The zero-order valence-electron chi connectivity index (χ0n) is 21.0. The number of hydrogen-bond acceptors (Lipinski definition) is 4. The number of aryl methyl sites for hydroxylation is 1. The summed E-state index contributed by atoms with van der Waals surface area (Å²) in [6.45, 7) is 5.82. The van der Waals surface area contributed by atoms with Crippen LogP contribution in [0.2, 0.25) is 0 Å². The monoisotopic (exact) mass is 471 g/mol. The maximum atomic E-state index is 13.8. The van der Waals surface area contributed by atoms with Crippen molar-refractivity contribution in [2.24, 2.45) is 17.8 Å². The fourth-order valence-corrected chi connectivity index (χ4v) is 5.50. The SMILES string of the molecule is COc1ccc(CCN(C)CCC(C(=O)O)[C@@H]2CCc3cc(F)ccc3[C@@H]2C(C)C)cc1OC. The first-order valence-corrected chi connectivity index (χ1v) is 12.2. The van der Waals surface area contributed by atoms with Gasteiger partial charge in [-0.15, -0.1) is 0 Å². The van der Waals surface area contributed by atoms with Crippen LogP contribution in [0.25, 0.3) is 0 Å². The Kier molecular flexibility index (Phi) is 8.95. The summed E-state index contributed by atoms with van der Waals surface area (Å²) in [6, 6.07) is 10.9. The summed E-state index contributed by atoms with van der Waals surface area (Å²) in [6.07, 6.45) is 2.96. The largest absolute Gasteiger partial charge is 0.493 e. The van der Waals surface area contributed by atoms with Crippen molar-refractivity contribution in [3.63, 3.8) is 0 Å². The maximum absolute atomic E-state index is 13.8. The van der Waals surface area contributed by atoms with Crippen LogP contribution in [0.3, 0.4) is 0 Å². The number of ether oxygens (including phenoxy) is 2. The molecule has 0 fully saturated rings. The van der Waals surface area contributed by atoms with Gasteiger partial charge in [-0.3, -0.25) is 4.79 Å². The van der Waals surface area contributed by atoms with Crippen LogP contribution in [0.15, 0.2) is 36.4 Å². The topological polar surface area (TPSA) is 59.0 Å². The predicted octanol–water partition coefficient (Wildman–Crippen LogP) is 5.41. The van der Waals surface area contributed by atoms with E-state index in [1.54, 1.807) is 20.3 Å². The van der Waals surface area contributed by atoms with Crippen LogP contribution in [0.5, 0.6) is 11.5 Å². The van der Waals surface area contributed by atoms with E-state index in [0.29, 0.717) is 30.4 Å². The molecule has 0 saturated carbocycles. The van der Waals surface area contributed by atoms with Crippen molar-refractivity contribution in [2.75, 3.05) is 34.4 Å². The number of rotatable bonds is 11. The summed E-state index contributed by atoms with van der Waals surface area (Å²) < 4.78 is 24.5. The minimum Gasteiger partial charge on any atom is -0.493 e. The molecule has 0 aliphatic heterocycles. The van der Waals surface area contributed by atoms with Crippen molar-refractivity contribution in [3.05, 3.63) is 58.9 Å². The molecule has 186 valence electrons. The first-order chi connectivity index (χ1) is 16.2. The molecule has 0 saturated heterocycles. The molecule has 3 atom stereocenters. The van der Waals surface area contributed by atoms with E-state index in [1.165, 1.54) is 6.07 Å². The van der Waals surface area contributed by atoms with E-state index in [4.69, 9.17) is 9.47 Å². The van der Waals surface area contributed by atoms with Gasteiger partial charge in [-0.1, -0.05) is 26.0 Å². The van der Waals surface area contributed by atoms with Gasteiger partial charge in [0.2, 0.25) is 0 Å². The molecule has 0 spiro atoms. The number of carboxylic acids is 1. The lowest BCUT2D eigenvalue weighted by molar-refractivity contribution is -0.145. The van der Waals surface area contributed by atoms with Gasteiger partial charge in [0.25, 0.3) is 0 Å². The van der Waals surface area contributed by atoms with Crippen molar-refractivity contribution in [1.29, 1.82) is 0 Å². The Bertz CT molecular complexity index is 977. The average molecular weight is 472 g/mol. The van der Waals surface area contributed by atoms with Crippen LogP contribution < -0.4 is 9.47 Å². The Hall–Kier alpha value is -2.60. The fourth-order valence-electron chi connectivity index (χ4n) is 5.50. The zero-order valence-corrected chi connectivity index (χ0v) is 21.0. The molecule has 0 amide bonds. The number of fused-ring (bicyclic) bond motifs is 1. The van der Waals surface area contributed by atoms with E-state index < -0.39 is 11.9 Å². The van der Waals surface area contributed by atoms with E-state index in [0.717, 1.165) is 42.5 Å². The van der Waals surface area contributed by atoms with Crippen LogP contribution in [-0.4, -0.2) is 50.3 Å². The van der Waals surface area contributed by atoms with E-state index in [9.17, 15) is 14.3 Å². The number of benzene rings is 2. The van der Waals surface area contributed by atoms with Gasteiger partial charge in [-0.2, -0.15) is 0 Å². The molecule has 1 N–H and O–H groups in total. The number of nitrogens with zero attached hydrogens (tertiary/aromatic N) is 1. The molecule has 2 aromatic rings. The Morgan fingerprint density at radius 2 is 1.85 bits per heavy atom. The van der Waals surface area contributed by atoms with Crippen LogP contribution in [-0.2, 0) is 17.6 Å². The summed E-state index contributed by atoms with van der Waals surface area (Å²) in [5.41, 5.74) is 3.31. The Labute approximate surface area is 202 Å². The summed E-state index contributed by atoms with van der Waals surface area (Å²) >= 11 is 0. The van der Waals surface area contributed by atoms with Gasteiger partial charge in [0.15, 0.2) is 11.5 Å². The highest BCUT2D eigenvalue weighted by Gasteiger charge is 2.39. The highest BCUT2D eigenvalue weighted by Crippen LogP contribution is 2.45. The molecule has 1 aliphatic rings. The number of likely N-dealkylation sites (N-methyl/N-ethyl adjacent to an activating group) is 1. The van der Waals surface area contributed by atoms with Crippen LogP contribution in [0, 0.1) is 23.6 Å².